The van der Waals surface area contributed by atoms with E-state index in [1.165, 1.54) is 29.5 Å². The average Bonchev–Trinajstić information content (AvgIpc) is 3.07. The normalized spacial score (nSPS) is 17.7. The van der Waals surface area contributed by atoms with E-state index in [1.54, 1.807) is 7.11 Å². The fourth-order valence-corrected chi connectivity index (χ4v) is 2.85. The lowest BCUT2D eigenvalue weighted by Gasteiger charge is -2.28. The molecule has 0 bridgehead atoms. The highest BCUT2D eigenvalue weighted by molar-refractivity contribution is 5.55. The summed E-state index contributed by atoms with van der Waals surface area (Å²) < 4.78 is 5.76. The summed E-state index contributed by atoms with van der Waals surface area (Å²) in [5.74, 6) is 1.06. The Balaban J connectivity index is 2.65. The summed E-state index contributed by atoms with van der Waals surface area (Å²) in [4.78, 5) is 0. The third-order valence-corrected chi connectivity index (χ3v) is 4.15. The topological polar surface area (TPSA) is 35.2 Å². The second-order valence-electron chi connectivity index (χ2n) is 6.57. The van der Waals surface area contributed by atoms with Crippen LogP contribution in [0.3, 0.4) is 0 Å². The fraction of sp³-hybridized carbons (Fsp3) is 0.625. The molecule has 1 aliphatic rings. The van der Waals surface area contributed by atoms with Crippen LogP contribution in [0.4, 0.5) is 0 Å². The van der Waals surface area contributed by atoms with Crippen molar-refractivity contribution in [3.8, 4) is 5.75 Å². The molecule has 1 aliphatic carbocycles. The van der Waals surface area contributed by atoms with E-state index < -0.39 is 0 Å². The van der Waals surface area contributed by atoms with Gasteiger partial charge in [0.2, 0.25) is 0 Å². The highest BCUT2D eigenvalue weighted by Gasteiger charge is 2.46. The predicted molar refractivity (Wildman–Crippen MR) is 76.4 cm³/mol. The lowest BCUT2D eigenvalue weighted by atomic mass is 9.80. The van der Waals surface area contributed by atoms with Crippen LogP contribution in [-0.2, 0) is 10.8 Å². The molecule has 1 aromatic rings. The van der Waals surface area contributed by atoms with Gasteiger partial charge in [-0.15, -0.1) is 0 Å². The van der Waals surface area contributed by atoms with E-state index in [4.69, 9.17) is 10.5 Å². The fourth-order valence-electron chi connectivity index (χ4n) is 2.85. The van der Waals surface area contributed by atoms with Gasteiger partial charge in [-0.1, -0.05) is 32.9 Å². The summed E-state index contributed by atoms with van der Waals surface area (Å²) in [5.41, 5.74) is 10.2. The van der Waals surface area contributed by atoms with Gasteiger partial charge in [0.1, 0.15) is 5.75 Å². The minimum atomic E-state index is 0.0957. The summed E-state index contributed by atoms with van der Waals surface area (Å²) in [7, 11) is 1.78. The maximum Gasteiger partial charge on any atom is 0.126 e. The maximum atomic E-state index is 6.00. The van der Waals surface area contributed by atoms with Crippen LogP contribution < -0.4 is 10.5 Å². The van der Waals surface area contributed by atoms with Crippen molar-refractivity contribution in [1.82, 2.24) is 0 Å². The summed E-state index contributed by atoms with van der Waals surface area (Å²) in [6, 6.07) is 4.42. The zero-order valence-corrected chi connectivity index (χ0v) is 12.3. The van der Waals surface area contributed by atoms with Crippen LogP contribution in [0.15, 0.2) is 12.1 Å². The number of ether oxygens (including phenoxy) is 1. The first-order valence-corrected chi connectivity index (χ1v) is 6.74. The molecule has 0 aliphatic heterocycles. The summed E-state index contributed by atoms with van der Waals surface area (Å²) >= 11 is 0. The summed E-state index contributed by atoms with van der Waals surface area (Å²) in [5, 5.41) is 0. The molecule has 0 radical (unpaired) electrons. The number of methoxy groups -OCH3 is 1. The number of benzene rings is 1. The first kappa shape index (κ1) is 13.4. The van der Waals surface area contributed by atoms with E-state index >= 15 is 0 Å². The molecule has 100 valence electrons. The molecule has 0 saturated heterocycles. The smallest absolute Gasteiger partial charge is 0.126 e. The molecule has 0 amide bonds. The second-order valence-corrected chi connectivity index (χ2v) is 6.57. The predicted octanol–water partition coefficient (Wildman–Crippen LogP) is 3.29. The van der Waals surface area contributed by atoms with Crippen molar-refractivity contribution < 1.29 is 4.74 Å². The molecule has 0 unspecified atom stereocenters. The van der Waals surface area contributed by atoms with Gasteiger partial charge >= 0.3 is 0 Å². The molecular formula is C16H25NO. The van der Waals surface area contributed by atoms with Crippen molar-refractivity contribution in [2.45, 2.75) is 51.4 Å². The molecule has 18 heavy (non-hydrogen) atoms. The average molecular weight is 247 g/mol. The van der Waals surface area contributed by atoms with Crippen LogP contribution in [-0.4, -0.2) is 13.7 Å². The van der Waals surface area contributed by atoms with E-state index in [9.17, 15) is 0 Å². The van der Waals surface area contributed by atoms with Crippen LogP contribution in [0.25, 0.3) is 0 Å². The van der Waals surface area contributed by atoms with Gasteiger partial charge in [0.05, 0.1) is 7.11 Å². The first-order valence-electron chi connectivity index (χ1n) is 6.74. The molecule has 1 fully saturated rings. The molecular weight excluding hydrogens is 222 g/mol. The molecule has 0 heterocycles. The highest BCUT2D eigenvalue weighted by atomic mass is 16.5. The molecule has 2 nitrogen and oxygen atoms in total. The van der Waals surface area contributed by atoms with Gasteiger partial charge in [0.15, 0.2) is 0 Å². The van der Waals surface area contributed by atoms with Gasteiger partial charge < -0.3 is 10.5 Å². The molecule has 0 atom stereocenters. The zero-order chi connectivity index (χ0) is 13.6. The lowest BCUT2D eigenvalue weighted by Crippen LogP contribution is -2.24. The zero-order valence-electron chi connectivity index (χ0n) is 12.3. The Hall–Kier alpha value is -1.02. The Labute approximate surface area is 111 Å². The number of aryl methyl sites for hydroxylation is 1. The standard InChI is InChI=1S/C16H25NO/c1-11-6-7-12(15(2,3)4)14(18-5)13(11)16(10-17)8-9-16/h6-7H,8-10,17H2,1-5H3. The molecule has 0 spiro atoms. The maximum absolute atomic E-state index is 6.00. The Morgan fingerprint density at radius 1 is 1.28 bits per heavy atom. The van der Waals surface area contributed by atoms with Crippen molar-refractivity contribution >= 4 is 0 Å². The number of hydrogen-bond donors (Lipinski definition) is 1. The number of hydrogen-bond acceptors (Lipinski definition) is 2. The summed E-state index contributed by atoms with van der Waals surface area (Å²) in [6.45, 7) is 9.57. The minimum Gasteiger partial charge on any atom is -0.496 e. The van der Waals surface area contributed by atoms with Gasteiger partial charge in [-0.3, -0.25) is 0 Å². The third kappa shape index (κ3) is 2.03. The van der Waals surface area contributed by atoms with E-state index in [0.717, 1.165) is 12.3 Å². The molecule has 2 rings (SSSR count). The Bertz CT molecular complexity index is 453. The van der Waals surface area contributed by atoms with Gasteiger partial charge in [0.25, 0.3) is 0 Å². The molecule has 1 aromatic carbocycles. The van der Waals surface area contributed by atoms with Gasteiger partial charge in [-0.2, -0.15) is 0 Å². The Morgan fingerprint density at radius 2 is 1.89 bits per heavy atom. The van der Waals surface area contributed by atoms with Crippen LogP contribution in [0.1, 0.15) is 50.3 Å². The van der Waals surface area contributed by atoms with Crippen LogP contribution >= 0.6 is 0 Å². The first-order chi connectivity index (χ1) is 8.35. The van der Waals surface area contributed by atoms with Gasteiger partial charge in [-0.05, 0) is 36.3 Å². The van der Waals surface area contributed by atoms with E-state index in [1.807, 2.05) is 0 Å². The van der Waals surface area contributed by atoms with Crippen molar-refractivity contribution in [2.24, 2.45) is 5.73 Å². The third-order valence-electron chi connectivity index (χ3n) is 4.15. The van der Waals surface area contributed by atoms with E-state index in [2.05, 4.69) is 39.8 Å². The van der Waals surface area contributed by atoms with Crippen LogP contribution in [0.5, 0.6) is 5.75 Å². The van der Waals surface area contributed by atoms with Crippen LogP contribution in [0.2, 0.25) is 0 Å². The number of rotatable bonds is 3. The Kier molecular flexibility index (Phi) is 3.18. The van der Waals surface area contributed by atoms with Crippen molar-refractivity contribution in [2.75, 3.05) is 13.7 Å². The van der Waals surface area contributed by atoms with E-state index in [-0.39, 0.29) is 10.8 Å². The van der Waals surface area contributed by atoms with Crippen molar-refractivity contribution in [3.05, 3.63) is 28.8 Å². The van der Waals surface area contributed by atoms with Gasteiger partial charge in [-0.25, -0.2) is 0 Å². The number of nitrogens with two attached hydrogens (primary N) is 1. The van der Waals surface area contributed by atoms with Gasteiger partial charge in [0, 0.05) is 17.5 Å². The lowest BCUT2D eigenvalue weighted by molar-refractivity contribution is 0.387. The van der Waals surface area contributed by atoms with Crippen molar-refractivity contribution in [1.29, 1.82) is 0 Å². The second kappa shape index (κ2) is 4.27. The van der Waals surface area contributed by atoms with Crippen molar-refractivity contribution in [3.63, 3.8) is 0 Å². The molecule has 0 aromatic heterocycles. The summed E-state index contributed by atoms with van der Waals surface area (Å²) in [6.07, 6.45) is 2.38. The largest absolute Gasteiger partial charge is 0.496 e. The molecule has 1 saturated carbocycles. The molecule has 2 heteroatoms. The monoisotopic (exact) mass is 247 g/mol. The SMILES string of the molecule is COc1c(C(C)(C)C)ccc(C)c1C1(CN)CC1. The molecule has 2 N–H and O–H groups in total. The van der Waals surface area contributed by atoms with Crippen LogP contribution in [0, 0.1) is 6.92 Å². The minimum absolute atomic E-state index is 0.0957. The Morgan fingerprint density at radius 3 is 2.28 bits per heavy atom. The quantitative estimate of drug-likeness (QED) is 0.889. The highest BCUT2D eigenvalue weighted by Crippen LogP contribution is 2.53. The van der Waals surface area contributed by atoms with E-state index in [0.29, 0.717) is 0 Å².